The third-order valence-electron chi connectivity index (χ3n) is 7.07. The Labute approximate surface area is 185 Å². The highest BCUT2D eigenvalue weighted by atomic mass is 16.7. The molecule has 0 saturated heterocycles. The van der Waals surface area contributed by atoms with E-state index in [0.717, 1.165) is 66.2 Å². The van der Waals surface area contributed by atoms with E-state index in [9.17, 15) is 0 Å². The van der Waals surface area contributed by atoms with E-state index in [4.69, 9.17) is 18.9 Å². The number of rotatable bonds is 1. The molecule has 0 aromatic heterocycles. The highest BCUT2D eigenvalue weighted by molar-refractivity contribution is 5.86. The van der Waals surface area contributed by atoms with E-state index in [1.807, 2.05) is 24.3 Å². The lowest BCUT2D eigenvalue weighted by Gasteiger charge is -2.46. The molecule has 3 aliphatic rings. The third kappa shape index (κ3) is 3.75. The summed E-state index contributed by atoms with van der Waals surface area (Å²) in [4.78, 5) is 0. The minimum atomic E-state index is -0.680. The number of hydrogen-bond acceptors (Lipinski definition) is 4. The average molecular weight is 423 g/mol. The van der Waals surface area contributed by atoms with Gasteiger partial charge in [0.1, 0.15) is 23.0 Å². The summed E-state index contributed by atoms with van der Waals surface area (Å²) >= 11 is 0. The van der Waals surface area contributed by atoms with E-state index in [2.05, 4.69) is 32.9 Å². The maximum absolute atomic E-state index is 6.92. The molecule has 5 rings (SSSR count). The van der Waals surface area contributed by atoms with Crippen molar-refractivity contribution in [2.75, 3.05) is 13.2 Å². The van der Waals surface area contributed by atoms with Crippen molar-refractivity contribution >= 4 is 0 Å². The van der Waals surface area contributed by atoms with E-state index < -0.39 is 5.79 Å². The molecule has 1 fully saturated rings. The zero-order valence-corrected chi connectivity index (χ0v) is 19.0. The van der Waals surface area contributed by atoms with Crippen molar-refractivity contribution in [3.8, 4) is 34.1 Å². The van der Waals surface area contributed by atoms with Crippen LogP contribution in [0.25, 0.3) is 11.1 Å². The molecule has 1 spiro atoms. The molecule has 0 amide bonds. The Morgan fingerprint density at radius 3 is 1.87 bits per heavy atom. The lowest BCUT2D eigenvalue weighted by atomic mass is 9.72. The van der Waals surface area contributed by atoms with Crippen molar-refractivity contribution in [2.45, 2.75) is 65.1 Å². The van der Waals surface area contributed by atoms with Gasteiger partial charge in [-0.25, -0.2) is 0 Å². The summed E-state index contributed by atoms with van der Waals surface area (Å²) < 4.78 is 26.4. The fraction of sp³-hybridized carbons (Fsp3) is 0.556. The molecule has 2 aromatic carbocycles. The summed E-state index contributed by atoms with van der Waals surface area (Å²) in [6.07, 6.45) is 6.33. The summed E-state index contributed by atoms with van der Waals surface area (Å²) in [5.41, 5.74) is 1.93. The summed E-state index contributed by atoms with van der Waals surface area (Å²) in [5, 5.41) is 0. The molecule has 1 aliphatic carbocycles. The van der Waals surface area contributed by atoms with Crippen LogP contribution in [-0.2, 0) is 0 Å². The van der Waals surface area contributed by atoms with Crippen LogP contribution in [0, 0.1) is 17.8 Å². The van der Waals surface area contributed by atoms with Crippen LogP contribution in [0.3, 0.4) is 0 Å². The second kappa shape index (κ2) is 8.29. The van der Waals surface area contributed by atoms with Crippen molar-refractivity contribution < 1.29 is 18.9 Å². The lowest BCUT2D eigenvalue weighted by molar-refractivity contribution is -0.194. The highest BCUT2D eigenvalue weighted by Gasteiger charge is 2.51. The van der Waals surface area contributed by atoms with Crippen molar-refractivity contribution in [1.29, 1.82) is 0 Å². The van der Waals surface area contributed by atoms with Crippen LogP contribution in [0.4, 0.5) is 0 Å². The number of benzene rings is 2. The van der Waals surface area contributed by atoms with Gasteiger partial charge < -0.3 is 18.9 Å². The predicted octanol–water partition coefficient (Wildman–Crippen LogP) is 6.85. The molecule has 1 saturated carbocycles. The summed E-state index contributed by atoms with van der Waals surface area (Å²) in [6.45, 7) is 8.28. The van der Waals surface area contributed by atoms with Crippen LogP contribution >= 0.6 is 0 Å². The lowest BCUT2D eigenvalue weighted by Crippen LogP contribution is -2.54. The van der Waals surface area contributed by atoms with Crippen molar-refractivity contribution in [1.82, 2.24) is 0 Å². The summed E-state index contributed by atoms with van der Waals surface area (Å²) in [7, 11) is 0. The fourth-order valence-corrected chi connectivity index (χ4v) is 5.56. The maximum Gasteiger partial charge on any atom is 0.254 e. The Balaban J connectivity index is 1.73. The van der Waals surface area contributed by atoms with Crippen LogP contribution < -0.4 is 18.9 Å². The quantitative estimate of drug-likeness (QED) is 0.503. The van der Waals surface area contributed by atoms with Gasteiger partial charge in [0.25, 0.3) is 5.79 Å². The molecule has 0 radical (unpaired) electrons. The SMILES string of the molecule is CC(C)[C@H]1CC[C@@H](C)CC12Oc1cccc3c1-c1c(cccc1O2)OCCCCCO3. The van der Waals surface area contributed by atoms with Crippen LogP contribution in [0.1, 0.15) is 59.3 Å². The van der Waals surface area contributed by atoms with Gasteiger partial charge in [-0.2, -0.15) is 0 Å². The summed E-state index contributed by atoms with van der Waals surface area (Å²) in [6, 6.07) is 12.3. The Kier molecular flexibility index (Phi) is 5.49. The van der Waals surface area contributed by atoms with Gasteiger partial charge >= 0.3 is 0 Å². The molecule has 0 N–H and O–H groups in total. The molecule has 4 nitrogen and oxygen atoms in total. The molecule has 0 unspecified atom stereocenters. The van der Waals surface area contributed by atoms with E-state index >= 15 is 0 Å². The second-order valence-electron chi connectivity index (χ2n) is 9.77. The molecular formula is C27H34O4. The maximum atomic E-state index is 6.92. The normalized spacial score (nSPS) is 24.5. The van der Waals surface area contributed by atoms with Crippen molar-refractivity contribution in [3.63, 3.8) is 0 Å². The minimum Gasteiger partial charge on any atom is -0.493 e. The smallest absolute Gasteiger partial charge is 0.254 e. The molecule has 4 heteroatoms. The molecule has 0 bridgehead atoms. The largest absolute Gasteiger partial charge is 0.493 e. The van der Waals surface area contributed by atoms with Gasteiger partial charge in [-0.1, -0.05) is 32.9 Å². The van der Waals surface area contributed by atoms with Crippen molar-refractivity contribution in [2.24, 2.45) is 17.8 Å². The average Bonchev–Trinajstić information content (AvgIpc) is 2.89. The minimum absolute atomic E-state index is 0.315. The zero-order valence-electron chi connectivity index (χ0n) is 19.0. The predicted molar refractivity (Wildman–Crippen MR) is 122 cm³/mol. The standard InChI is InChI=1S/C27H34O4/c1-18(2)20-14-13-19(3)17-27(20)30-23-11-7-9-21-25(23)26-22(10-8-12-24(26)31-27)29-16-6-4-5-15-28-21/h7-12,18-20H,4-6,13-17H2,1-3H3/t19-,20-/m1/s1. The van der Waals surface area contributed by atoms with Crippen LogP contribution in [-0.4, -0.2) is 19.0 Å². The monoisotopic (exact) mass is 422 g/mol. The molecule has 166 valence electrons. The Bertz CT molecular complexity index is 875. The Morgan fingerprint density at radius 1 is 0.774 bits per heavy atom. The molecule has 2 atom stereocenters. The number of hydrogen-bond donors (Lipinski definition) is 0. The molecular weight excluding hydrogens is 388 g/mol. The van der Waals surface area contributed by atoms with E-state index in [-0.39, 0.29) is 0 Å². The molecule has 2 heterocycles. The first kappa shape index (κ1) is 20.5. The third-order valence-corrected chi connectivity index (χ3v) is 7.07. The Hall–Kier alpha value is -2.36. The first-order chi connectivity index (χ1) is 15.1. The molecule has 2 aliphatic heterocycles. The Morgan fingerprint density at radius 2 is 1.32 bits per heavy atom. The van der Waals surface area contributed by atoms with E-state index in [1.165, 1.54) is 6.42 Å². The molecule has 31 heavy (non-hydrogen) atoms. The van der Waals surface area contributed by atoms with Gasteiger partial charge in [0.2, 0.25) is 0 Å². The number of ether oxygens (including phenoxy) is 4. The fourth-order valence-electron chi connectivity index (χ4n) is 5.56. The van der Waals surface area contributed by atoms with Crippen molar-refractivity contribution in [3.05, 3.63) is 36.4 Å². The highest BCUT2D eigenvalue weighted by Crippen LogP contribution is 2.55. The van der Waals surface area contributed by atoms with Gasteiger partial charge in [0.15, 0.2) is 0 Å². The van der Waals surface area contributed by atoms with Gasteiger partial charge in [-0.05, 0) is 68.2 Å². The van der Waals surface area contributed by atoms with Gasteiger partial charge in [-0.15, -0.1) is 0 Å². The topological polar surface area (TPSA) is 36.9 Å². The van der Waals surface area contributed by atoms with Crippen LogP contribution in [0.15, 0.2) is 36.4 Å². The summed E-state index contributed by atoms with van der Waals surface area (Å²) in [5.74, 6) is 4.02. The van der Waals surface area contributed by atoms with Crippen LogP contribution in [0.5, 0.6) is 23.0 Å². The first-order valence-corrected chi connectivity index (χ1v) is 12.0. The first-order valence-electron chi connectivity index (χ1n) is 12.0. The van der Waals surface area contributed by atoms with Gasteiger partial charge in [0, 0.05) is 12.3 Å². The van der Waals surface area contributed by atoms with Crippen LogP contribution in [0.2, 0.25) is 0 Å². The zero-order chi connectivity index (χ0) is 21.4. The van der Waals surface area contributed by atoms with Gasteiger partial charge in [0.05, 0.1) is 24.3 Å². The van der Waals surface area contributed by atoms with Gasteiger partial charge in [-0.3, -0.25) is 0 Å². The molecule has 2 aromatic rings. The van der Waals surface area contributed by atoms with E-state index in [0.29, 0.717) is 31.0 Å². The second-order valence-corrected chi connectivity index (χ2v) is 9.77. The van der Waals surface area contributed by atoms with E-state index in [1.54, 1.807) is 0 Å².